The van der Waals surface area contributed by atoms with Crippen LogP contribution in [0.5, 0.6) is 0 Å². The van der Waals surface area contributed by atoms with Gasteiger partial charge >= 0.3 is 99.8 Å². The topological polar surface area (TPSA) is 38.9 Å². The van der Waals surface area contributed by atoms with Gasteiger partial charge in [-0.05, 0) is 40.9 Å². The molecule has 0 aliphatic rings. The minimum atomic E-state index is -1.72. The predicted molar refractivity (Wildman–Crippen MR) is 203 cm³/mol. The van der Waals surface area contributed by atoms with Crippen LogP contribution in [0.2, 0.25) is 17.3 Å². The molecule has 8 rings (SSSR count). The molecule has 0 saturated carbocycles. The van der Waals surface area contributed by atoms with Crippen molar-refractivity contribution in [2.24, 2.45) is 0 Å². The second-order valence-corrected chi connectivity index (χ2v) is 23.6. The van der Waals surface area contributed by atoms with Crippen molar-refractivity contribution in [2.75, 3.05) is 0 Å². The molecule has 0 N–H and O–H groups in total. The molecule has 1 radical (unpaired) electrons. The van der Waals surface area contributed by atoms with E-state index < -0.39 is 13.3 Å². The van der Waals surface area contributed by atoms with E-state index in [1.54, 1.807) is 0 Å². The van der Waals surface area contributed by atoms with E-state index in [0.717, 1.165) is 50.0 Å². The van der Waals surface area contributed by atoms with Crippen molar-refractivity contribution in [1.82, 2.24) is 9.97 Å². The molecule has 0 saturated heterocycles. The van der Waals surface area contributed by atoms with E-state index in [2.05, 4.69) is 120 Å². The van der Waals surface area contributed by atoms with Crippen LogP contribution in [0.3, 0.4) is 0 Å². The van der Waals surface area contributed by atoms with Crippen LogP contribution < -0.4 is 4.40 Å². The molecule has 0 spiro atoms. The quantitative estimate of drug-likeness (QED) is 0.128. The van der Waals surface area contributed by atoms with Gasteiger partial charge in [0.15, 0.2) is 0 Å². The fourth-order valence-corrected chi connectivity index (χ4v) is 8.17. The molecule has 0 amide bonds. The van der Waals surface area contributed by atoms with Crippen molar-refractivity contribution in [3.05, 3.63) is 164 Å². The van der Waals surface area contributed by atoms with Gasteiger partial charge in [-0.2, -0.15) is 0 Å². The third-order valence-electron chi connectivity index (χ3n) is 8.61. The third kappa shape index (κ3) is 7.38. The first kappa shape index (κ1) is 34.3. The summed E-state index contributed by atoms with van der Waals surface area (Å²) in [5, 5.41) is 2.21. The average Bonchev–Trinajstić information content (AvgIpc) is 3.52. The molecule has 5 heteroatoms. The van der Waals surface area contributed by atoms with Gasteiger partial charge in [-0.1, -0.05) is 89.8 Å². The second-order valence-electron chi connectivity index (χ2n) is 13.0. The maximum absolute atomic E-state index is 6.38. The summed E-state index contributed by atoms with van der Waals surface area (Å²) in [5.74, 6) is 7.14. The monoisotopic (exact) mass is 875 g/mol. The second kappa shape index (κ2) is 14.9. The molecular formula is C44H36GeIrN2O-2. The van der Waals surface area contributed by atoms with Crippen LogP contribution >= 0.6 is 0 Å². The molecule has 0 atom stereocenters. The van der Waals surface area contributed by atoms with Gasteiger partial charge in [0.25, 0.3) is 0 Å². The van der Waals surface area contributed by atoms with E-state index in [1.807, 2.05) is 67.0 Å². The molecule has 5 aromatic carbocycles. The fraction of sp³-hybridized carbons (Fsp3) is 0.0909. The number of rotatable bonds is 5. The van der Waals surface area contributed by atoms with E-state index in [-0.39, 0.29) is 20.1 Å². The van der Waals surface area contributed by atoms with E-state index in [9.17, 15) is 0 Å². The molecule has 0 aliphatic carbocycles. The predicted octanol–water partition coefficient (Wildman–Crippen LogP) is 11.2. The number of aromatic nitrogens is 2. The van der Waals surface area contributed by atoms with Gasteiger partial charge < -0.3 is 9.40 Å². The summed E-state index contributed by atoms with van der Waals surface area (Å²) in [6.07, 6.45) is 3.99. The SMILES string of the molecule is Cc1cc(-c2[c-]ccc3c2oc2cccc(-c4ccccc4)c23)ncc1-c1ccccc1.[CH3][Ge]([CH3])([CH3])[c]1ccc(-c2[c-]cccc2)nc1.[Ir]. The van der Waals surface area contributed by atoms with Gasteiger partial charge in [-0.25, -0.2) is 0 Å². The minimum absolute atomic E-state index is 0. The van der Waals surface area contributed by atoms with Crippen LogP contribution in [0.1, 0.15) is 5.56 Å². The molecule has 0 bridgehead atoms. The molecule has 3 aromatic heterocycles. The van der Waals surface area contributed by atoms with Gasteiger partial charge in [0, 0.05) is 37.3 Å². The Bertz CT molecular complexity index is 2310. The number of fused-ring (bicyclic) bond motifs is 3. The summed E-state index contributed by atoms with van der Waals surface area (Å²) in [5.41, 5.74) is 11.4. The number of hydrogen-bond donors (Lipinski definition) is 0. The summed E-state index contributed by atoms with van der Waals surface area (Å²) < 4.78 is 7.83. The molecule has 8 aromatic rings. The standard InChI is InChI=1S/C30H20NO.C14H16GeN.Ir/c1-20-18-27(31-19-26(20)22-12-6-3-7-13-22)24-15-8-16-25-29-23(21-10-4-2-5-11-21)14-9-17-28(29)32-30(24)25;1-15(2,3)13-9-10-14(16-11-13)12-7-5-4-6-8-12;/h2-14,16-19H,1H3;4-7,9-11H,1-3H3;/q2*-1;. The number of furan rings is 1. The number of aryl methyl sites for hydroxylation is 1. The molecule has 3 heterocycles. The smallest absolute Gasteiger partial charge is 0 e. The van der Waals surface area contributed by atoms with Gasteiger partial charge in [-0.15, -0.1) is 18.2 Å². The molecule has 243 valence electrons. The molecule has 0 unspecified atom stereocenters. The molecule has 3 nitrogen and oxygen atoms in total. The summed E-state index contributed by atoms with van der Waals surface area (Å²) >= 11 is -1.72. The largest absolute Gasteiger partial charge is 0 e. The Morgan fingerprint density at radius 3 is 1.94 bits per heavy atom. The van der Waals surface area contributed by atoms with Crippen LogP contribution in [0.15, 0.2) is 150 Å². The Labute approximate surface area is 304 Å². The van der Waals surface area contributed by atoms with Crippen molar-refractivity contribution >= 4 is 39.6 Å². The Balaban J connectivity index is 0.000000208. The number of nitrogens with zero attached hydrogens (tertiary/aromatic N) is 2. The summed E-state index contributed by atoms with van der Waals surface area (Å²) in [4.78, 5) is 9.33. The fourth-order valence-electron chi connectivity index (χ4n) is 6.00. The Hall–Kier alpha value is -4.61. The Morgan fingerprint density at radius 1 is 0.612 bits per heavy atom. The molecule has 0 aliphatic heterocycles. The maximum Gasteiger partial charge on any atom is 0 e. The van der Waals surface area contributed by atoms with Crippen molar-refractivity contribution in [3.63, 3.8) is 0 Å². The van der Waals surface area contributed by atoms with E-state index in [4.69, 9.17) is 9.40 Å². The van der Waals surface area contributed by atoms with Crippen LogP contribution in [-0.4, -0.2) is 23.2 Å². The minimum Gasteiger partial charge on any atom is 0 e. The van der Waals surface area contributed by atoms with Crippen molar-refractivity contribution in [1.29, 1.82) is 0 Å². The zero-order chi connectivity index (χ0) is 33.1. The summed E-state index contributed by atoms with van der Waals surface area (Å²) in [7, 11) is 0. The third-order valence-corrected chi connectivity index (χ3v) is 12.9. The van der Waals surface area contributed by atoms with Gasteiger partial charge in [-0.3, -0.25) is 0 Å². The normalized spacial score (nSPS) is 11.1. The summed E-state index contributed by atoms with van der Waals surface area (Å²) in [6.45, 7) is 2.12. The zero-order valence-electron chi connectivity index (χ0n) is 28.0. The number of benzene rings is 5. The Morgan fingerprint density at radius 2 is 1.31 bits per heavy atom. The van der Waals surface area contributed by atoms with Gasteiger partial charge in [0.05, 0.1) is 5.58 Å². The van der Waals surface area contributed by atoms with Crippen molar-refractivity contribution < 1.29 is 24.5 Å². The average molecular weight is 874 g/mol. The van der Waals surface area contributed by atoms with Crippen molar-refractivity contribution in [2.45, 2.75) is 24.2 Å². The molecule has 0 fully saturated rings. The maximum atomic E-state index is 6.38. The zero-order valence-corrected chi connectivity index (χ0v) is 32.5. The number of hydrogen-bond acceptors (Lipinski definition) is 3. The first-order chi connectivity index (χ1) is 23.4. The molecule has 49 heavy (non-hydrogen) atoms. The Kier molecular flexibility index (Phi) is 10.4. The van der Waals surface area contributed by atoms with E-state index in [0.29, 0.717) is 0 Å². The van der Waals surface area contributed by atoms with E-state index >= 15 is 0 Å². The van der Waals surface area contributed by atoms with Crippen LogP contribution in [-0.2, 0) is 20.1 Å². The first-order valence-corrected chi connectivity index (χ1v) is 23.6. The van der Waals surface area contributed by atoms with E-state index in [1.165, 1.54) is 26.6 Å². The van der Waals surface area contributed by atoms with Crippen LogP contribution in [0.4, 0.5) is 0 Å². The van der Waals surface area contributed by atoms with Crippen LogP contribution in [0.25, 0.3) is 66.7 Å². The van der Waals surface area contributed by atoms with Gasteiger partial charge in [0.1, 0.15) is 5.58 Å². The molecular weight excluding hydrogens is 837 g/mol. The van der Waals surface area contributed by atoms with Gasteiger partial charge in [0.2, 0.25) is 0 Å². The van der Waals surface area contributed by atoms with Crippen LogP contribution in [0, 0.1) is 19.1 Å². The summed E-state index contributed by atoms with van der Waals surface area (Å²) in [6, 6.07) is 52.1. The van der Waals surface area contributed by atoms with Crippen molar-refractivity contribution in [3.8, 4) is 44.8 Å². The number of pyridine rings is 2. The first-order valence-electron chi connectivity index (χ1n) is 16.2.